The fraction of sp³-hybridized carbons (Fsp3) is 0.875. The summed E-state index contributed by atoms with van der Waals surface area (Å²) in [6, 6.07) is 0. The Bertz CT molecular complexity index is 672. The van der Waals surface area contributed by atoms with Crippen molar-refractivity contribution >= 4 is 5.97 Å². The van der Waals surface area contributed by atoms with Gasteiger partial charge in [0.2, 0.25) is 0 Å². The molecule has 4 bridgehead atoms. The van der Waals surface area contributed by atoms with Crippen molar-refractivity contribution in [2.24, 2.45) is 58.2 Å². The Labute approximate surface area is 158 Å². The lowest BCUT2D eigenvalue weighted by Crippen LogP contribution is -2.41. The molecule has 10 atom stereocenters. The lowest BCUT2D eigenvalue weighted by Gasteiger charge is -2.40. The second kappa shape index (κ2) is 5.30. The van der Waals surface area contributed by atoms with Crippen LogP contribution in [0.1, 0.15) is 66.2 Å². The first-order valence-corrected chi connectivity index (χ1v) is 10.9. The maximum absolute atomic E-state index is 13.2. The highest BCUT2D eigenvalue weighted by Gasteiger charge is 2.64. The van der Waals surface area contributed by atoms with E-state index >= 15 is 0 Å². The van der Waals surface area contributed by atoms with E-state index in [0.29, 0.717) is 40.9 Å². The molecule has 0 amide bonds. The van der Waals surface area contributed by atoms with Crippen molar-refractivity contribution in [3.63, 3.8) is 0 Å². The van der Waals surface area contributed by atoms with Crippen LogP contribution in [0.5, 0.6) is 0 Å². The van der Waals surface area contributed by atoms with Crippen LogP contribution in [0.25, 0.3) is 0 Å². The van der Waals surface area contributed by atoms with Crippen molar-refractivity contribution in [2.45, 2.75) is 72.3 Å². The summed E-state index contributed by atoms with van der Waals surface area (Å²) in [5, 5.41) is 0. The van der Waals surface area contributed by atoms with Crippen LogP contribution in [-0.2, 0) is 9.53 Å². The Morgan fingerprint density at radius 1 is 1.12 bits per heavy atom. The highest BCUT2D eigenvalue weighted by Crippen LogP contribution is 2.67. The Balaban J connectivity index is 1.31. The van der Waals surface area contributed by atoms with Crippen LogP contribution in [0.2, 0.25) is 0 Å². The van der Waals surface area contributed by atoms with Gasteiger partial charge in [-0.05, 0) is 79.4 Å². The first-order chi connectivity index (χ1) is 12.3. The molecular formula is C24H34O2. The Morgan fingerprint density at radius 3 is 2.50 bits per heavy atom. The molecule has 0 aromatic rings. The highest BCUT2D eigenvalue weighted by atomic mass is 16.5. The highest BCUT2D eigenvalue weighted by molar-refractivity contribution is 5.74. The van der Waals surface area contributed by atoms with E-state index in [2.05, 4.69) is 33.6 Å². The van der Waals surface area contributed by atoms with Crippen LogP contribution >= 0.6 is 0 Å². The zero-order valence-electron chi connectivity index (χ0n) is 16.8. The van der Waals surface area contributed by atoms with Crippen LogP contribution < -0.4 is 0 Å². The minimum Gasteiger partial charge on any atom is -0.462 e. The van der Waals surface area contributed by atoms with Crippen LogP contribution in [0, 0.1) is 70.5 Å². The lowest BCUT2D eigenvalue weighted by atomic mass is 9.69. The van der Waals surface area contributed by atoms with Gasteiger partial charge in [-0.15, -0.1) is 12.3 Å². The zero-order chi connectivity index (χ0) is 18.4. The molecule has 0 aromatic carbocycles. The Morgan fingerprint density at radius 2 is 1.88 bits per heavy atom. The fourth-order valence-electron chi connectivity index (χ4n) is 8.55. The van der Waals surface area contributed by atoms with Crippen molar-refractivity contribution < 1.29 is 9.53 Å². The molecule has 0 heterocycles. The molecule has 26 heavy (non-hydrogen) atoms. The molecule has 5 fully saturated rings. The molecule has 0 N–H and O–H groups in total. The summed E-state index contributed by atoms with van der Waals surface area (Å²) in [6.45, 7) is 9.50. The second-order valence-electron chi connectivity index (χ2n) is 11.2. The molecule has 5 aliphatic rings. The number of hydrogen-bond donors (Lipinski definition) is 0. The zero-order valence-corrected chi connectivity index (χ0v) is 16.8. The van der Waals surface area contributed by atoms with Crippen LogP contribution in [0.15, 0.2) is 0 Å². The van der Waals surface area contributed by atoms with Crippen molar-refractivity contribution in [1.82, 2.24) is 0 Å². The summed E-state index contributed by atoms with van der Waals surface area (Å²) in [4.78, 5) is 13.2. The molecule has 0 aliphatic heterocycles. The summed E-state index contributed by atoms with van der Waals surface area (Å²) in [6.07, 6.45) is 13.0. The minimum atomic E-state index is 0.127. The smallest absolute Gasteiger partial charge is 0.309 e. The number of terminal acetylenes is 1. The lowest BCUT2D eigenvalue weighted by molar-refractivity contribution is -0.165. The molecule has 2 heteroatoms. The number of ether oxygens (including phenoxy) is 1. The number of fused-ring (bicyclic) bond motifs is 7. The first-order valence-electron chi connectivity index (χ1n) is 10.9. The predicted octanol–water partition coefficient (Wildman–Crippen LogP) is 4.92. The van der Waals surface area contributed by atoms with Crippen molar-refractivity contribution in [3.05, 3.63) is 0 Å². The molecular weight excluding hydrogens is 320 g/mol. The van der Waals surface area contributed by atoms with Gasteiger partial charge in [0.15, 0.2) is 0 Å². The standard InChI is InChI=1S/C24H34O2/c1-6-14-9-13(2)20-17-10-15(21(14)20)11-18(17)22(25)26-19-12-16-7-8-24(19,5)23(16,3)4/h1,13-21H,7-12H2,2-5H3. The third-order valence-electron chi connectivity index (χ3n) is 10.4. The topological polar surface area (TPSA) is 26.3 Å². The maximum atomic E-state index is 13.2. The number of rotatable bonds is 2. The summed E-state index contributed by atoms with van der Waals surface area (Å²) in [7, 11) is 0. The normalized spacial score (nSPS) is 55.7. The Hall–Kier alpha value is -0.970. The average molecular weight is 355 g/mol. The van der Waals surface area contributed by atoms with Gasteiger partial charge < -0.3 is 4.74 Å². The third kappa shape index (κ3) is 1.93. The van der Waals surface area contributed by atoms with E-state index in [-0.39, 0.29) is 23.4 Å². The molecule has 5 rings (SSSR count). The van der Waals surface area contributed by atoms with Crippen molar-refractivity contribution in [1.29, 1.82) is 0 Å². The first kappa shape index (κ1) is 17.2. The fourth-order valence-corrected chi connectivity index (χ4v) is 8.55. The molecule has 2 nitrogen and oxygen atoms in total. The molecule has 5 saturated carbocycles. The largest absolute Gasteiger partial charge is 0.462 e. The van der Waals surface area contributed by atoms with Gasteiger partial charge >= 0.3 is 5.97 Å². The van der Waals surface area contributed by atoms with Gasteiger partial charge in [-0.2, -0.15) is 0 Å². The van der Waals surface area contributed by atoms with Gasteiger partial charge in [0, 0.05) is 11.3 Å². The third-order valence-corrected chi connectivity index (χ3v) is 10.4. The van der Waals surface area contributed by atoms with Gasteiger partial charge in [-0.1, -0.05) is 27.7 Å². The van der Waals surface area contributed by atoms with E-state index < -0.39 is 0 Å². The van der Waals surface area contributed by atoms with Gasteiger partial charge in [-0.3, -0.25) is 4.79 Å². The second-order valence-corrected chi connectivity index (χ2v) is 11.2. The van der Waals surface area contributed by atoms with E-state index in [4.69, 9.17) is 11.2 Å². The van der Waals surface area contributed by atoms with Crippen molar-refractivity contribution in [2.75, 3.05) is 0 Å². The van der Waals surface area contributed by atoms with Crippen LogP contribution in [0.3, 0.4) is 0 Å². The molecule has 0 saturated heterocycles. The summed E-state index contributed by atoms with van der Waals surface area (Å²) >= 11 is 0. The maximum Gasteiger partial charge on any atom is 0.309 e. The number of carbonyl (C=O) groups excluding carboxylic acids is 1. The summed E-state index contributed by atoms with van der Waals surface area (Å²) in [5.74, 6) is 7.74. The molecule has 0 aromatic heterocycles. The van der Waals surface area contributed by atoms with Gasteiger partial charge in [0.05, 0.1) is 5.92 Å². The Kier molecular flexibility index (Phi) is 3.50. The number of hydrogen-bond acceptors (Lipinski definition) is 2. The van der Waals surface area contributed by atoms with Gasteiger partial charge in [-0.25, -0.2) is 0 Å². The molecule has 5 aliphatic carbocycles. The van der Waals surface area contributed by atoms with Gasteiger partial charge in [0.1, 0.15) is 6.10 Å². The van der Waals surface area contributed by atoms with E-state index in [1.54, 1.807) is 0 Å². The minimum absolute atomic E-state index is 0.127. The summed E-state index contributed by atoms with van der Waals surface area (Å²) < 4.78 is 6.28. The van der Waals surface area contributed by atoms with Crippen LogP contribution in [-0.4, -0.2) is 12.1 Å². The van der Waals surface area contributed by atoms with Crippen LogP contribution in [0.4, 0.5) is 0 Å². The number of esters is 1. The van der Waals surface area contributed by atoms with E-state index in [1.165, 1.54) is 19.3 Å². The average Bonchev–Trinajstić information content (AvgIpc) is 3.34. The van der Waals surface area contributed by atoms with E-state index in [9.17, 15) is 4.79 Å². The SMILES string of the molecule is C#CC1CC(C)C2C3CC(CC3C(=O)OC3CC4CCC3(C)C4(C)C)C12. The van der Waals surface area contributed by atoms with E-state index in [0.717, 1.165) is 25.2 Å². The number of carbonyl (C=O) groups is 1. The summed E-state index contributed by atoms with van der Waals surface area (Å²) in [5.41, 5.74) is 0.473. The van der Waals surface area contributed by atoms with E-state index in [1.807, 2.05) is 0 Å². The van der Waals surface area contributed by atoms with Gasteiger partial charge in [0.25, 0.3) is 0 Å². The predicted molar refractivity (Wildman–Crippen MR) is 102 cm³/mol. The molecule has 142 valence electrons. The quantitative estimate of drug-likeness (QED) is 0.519. The van der Waals surface area contributed by atoms with Crippen molar-refractivity contribution in [3.8, 4) is 12.3 Å². The monoisotopic (exact) mass is 354 g/mol. The molecule has 0 radical (unpaired) electrons. The molecule has 0 spiro atoms. The molecule has 10 unspecified atom stereocenters.